The molecule has 13 heteroatoms. The molecule has 0 saturated carbocycles. The van der Waals surface area contributed by atoms with Gasteiger partial charge >= 0.3 is 6.18 Å². The van der Waals surface area contributed by atoms with Gasteiger partial charge in [0.2, 0.25) is 11.8 Å². The molecule has 3 rings (SSSR count). The van der Waals surface area contributed by atoms with Crippen LogP contribution in [0.15, 0.2) is 4.79 Å². The molecule has 0 aliphatic carbocycles. The number of nitrogen functional groups attached to an aromatic ring is 1. The quantitative estimate of drug-likeness (QED) is 0.429. The Bertz CT molecular complexity index is 834. The highest BCUT2D eigenvalue weighted by Gasteiger charge is 2.48. The Kier molecular flexibility index (Phi) is 3.75. The zero-order valence-electron chi connectivity index (χ0n) is 11.7. The molecule has 0 unspecified atom stereocenters. The standard InChI is InChI=1S/C11H12F3N5O5/c12-11(13,14)9-16-3-6(17-10(15)18-7(3)23)19(9)8-5(22)4(21)2(1-20)24-8/h2,4-5,8,20-22H,1H2,(H3,15,17,18,23)/t2-,4-,5-,8-/m1/s1. The zero-order valence-corrected chi connectivity index (χ0v) is 11.7. The highest BCUT2D eigenvalue weighted by atomic mass is 19.4. The summed E-state index contributed by atoms with van der Waals surface area (Å²) in [7, 11) is 0. The van der Waals surface area contributed by atoms with Crippen molar-refractivity contribution in [1.29, 1.82) is 0 Å². The van der Waals surface area contributed by atoms with Crippen LogP contribution in [0.4, 0.5) is 19.1 Å². The van der Waals surface area contributed by atoms with E-state index in [1.165, 1.54) is 0 Å². The molecule has 1 saturated heterocycles. The summed E-state index contributed by atoms with van der Waals surface area (Å²) in [6, 6.07) is 0. The molecule has 10 nitrogen and oxygen atoms in total. The van der Waals surface area contributed by atoms with E-state index in [9.17, 15) is 28.2 Å². The third-order valence-electron chi connectivity index (χ3n) is 3.59. The first-order valence-corrected chi connectivity index (χ1v) is 6.62. The summed E-state index contributed by atoms with van der Waals surface area (Å²) in [6.07, 6.45) is -11.6. The Hall–Kier alpha value is -2.22. The Morgan fingerprint density at radius 3 is 2.50 bits per heavy atom. The van der Waals surface area contributed by atoms with Crippen LogP contribution in [0.25, 0.3) is 11.2 Å². The van der Waals surface area contributed by atoms with Crippen LogP contribution in [-0.4, -0.2) is 59.8 Å². The Morgan fingerprint density at radius 1 is 1.29 bits per heavy atom. The molecule has 0 bridgehead atoms. The van der Waals surface area contributed by atoms with Crippen molar-refractivity contribution in [2.24, 2.45) is 0 Å². The van der Waals surface area contributed by atoms with E-state index in [1.54, 1.807) is 0 Å². The summed E-state index contributed by atoms with van der Waals surface area (Å²) >= 11 is 0. The van der Waals surface area contributed by atoms with Crippen LogP contribution >= 0.6 is 0 Å². The second-order valence-electron chi connectivity index (χ2n) is 5.16. The van der Waals surface area contributed by atoms with E-state index in [1.807, 2.05) is 4.98 Å². The molecular formula is C11H12F3N5O5. The average Bonchev–Trinajstić information content (AvgIpc) is 2.98. The van der Waals surface area contributed by atoms with E-state index in [0.717, 1.165) is 0 Å². The number of hydrogen-bond acceptors (Lipinski definition) is 8. The third kappa shape index (κ3) is 2.41. The van der Waals surface area contributed by atoms with Crippen LogP contribution in [0, 0.1) is 0 Å². The minimum Gasteiger partial charge on any atom is -0.394 e. The number of H-pyrrole nitrogens is 1. The Morgan fingerprint density at radius 2 is 1.96 bits per heavy atom. The monoisotopic (exact) mass is 351 g/mol. The van der Waals surface area contributed by atoms with Crippen molar-refractivity contribution in [1.82, 2.24) is 19.5 Å². The van der Waals surface area contributed by atoms with Gasteiger partial charge in [-0.3, -0.25) is 14.3 Å². The largest absolute Gasteiger partial charge is 0.449 e. The number of anilines is 1. The Balaban J connectivity index is 2.28. The minimum absolute atomic E-state index is 0.338. The lowest BCUT2D eigenvalue weighted by molar-refractivity contribution is -0.154. The number of hydrogen-bond donors (Lipinski definition) is 5. The number of nitrogens with one attached hydrogen (secondary N) is 1. The summed E-state index contributed by atoms with van der Waals surface area (Å²) in [6.45, 7) is -0.737. The van der Waals surface area contributed by atoms with Gasteiger partial charge in [-0.05, 0) is 0 Å². The zero-order chi connectivity index (χ0) is 17.8. The van der Waals surface area contributed by atoms with Crippen molar-refractivity contribution >= 4 is 17.1 Å². The van der Waals surface area contributed by atoms with Crippen LogP contribution in [0.5, 0.6) is 0 Å². The number of aliphatic hydroxyl groups excluding tert-OH is 3. The number of aromatic nitrogens is 4. The van der Waals surface area contributed by atoms with Crippen molar-refractivity contribution < 1.29 is 33.2 Å². The number of halogens is 3. The molecule has 24 heavy (non-hydrogen) atoms. The molecule has 0 radical (unpaired) electrons. The summed E-state index contributed by atoms with van der Waals surface area (Å²) in [5, 5.41) is 28.8. The van der Waals surface area contributed by atoms with Gasteiger partial charge in [-0.15, -0.1) is 0 Å². The van der Waals surface area contributed by atoms with Crippen molar-refractivity contribution in [3.8, 4) is 0 Å². The number of nitrogens with two attached hydrogens (primary N) is 1. The molecule has 1 aliphatic heterocycles. The van der Waals surface area contributed by atoms with E-state index in [0.29, 0.717) is 4.57 Å². The van der Waals surface area contributed by atoms with E-state index >= 15 is 0 Å². The number of aromatic amines is 1. The predicted octanol–water partition coefficient (Wildman–Crippen LogP) is -1.67. The highest BCUT2D eigenvalue weighted by molar-refractivity contribution is 5.72. The fourth-order valence-electron chi connectivity index (χ4n) is 2.54. The molecular weight excluding hydrogens is 339 g/mol. The van der Waals surface area contributed by atoms with Crippen LogP contribution in [0.1, 0.15) is 12.1 Å². The smallest absolute Gasteiger partial charge is 0.394 e. The number of ether oxygens (including phenoxy) is 1. The summed E-state index contributed by atoms with van der Waals surface area (Å²) < 4.78 is 45.2. The third-order valence-corrected chi connectivity index (χ3v) is 3.59. The normalized spacial score (nSPS) is 27.9. The fraction of sp³-hybridized carbons (Fsp3) is 0.545. The molecule has 6 N–H and O–H groups in total. The second kappa shape index (κ2) is 5.41. The first kappa shape index (κ1) is 16.6. The van der Waals surface area contributed by atoms with E-state index in [4.69, 9.17) is 15.6 Å². The van der Waals surface area contributed by atoms with Gasteiger partial charge in [0.15, 0.2) is 17.4 Å². The van der Waals surface area contributed by atoms with Gasteiger partial charge in [-0.2, -0.15) is 18.2 Å². The van der Waals surface area contributed by atoms with Crippen LogP contribution < -0.4 is 11.3 Å². The van der Waals surface area contributed by atoms with E-state index in [-0.39, 0.29) is 0 Å². The van der Waals surface area contributed by atoms with Crippen molar-refractivity contribution in [2.75, 3.05) is 12.3 Å². The van der Waals surface area contributed by atoms with Gasteiger partial charge in [0, 0.05) is 0 Å². The van der Waals surface area contributed by atoms with Crippen molar-refractivity contribution in [3.63, 3.8) is 0 Å². The lowest BCUT2D eigenvalue weighted by Gasteiger charge is -2.20. The number of nitrogens with zero attached hydrogens (tertiary/aromatic N) is 3. The van der Waals surface area contributed by atoms with E-state index < -0.39 is 65.8 Å². The fourth-order valence-corrected chi connectivity index (χ4v) is 2.54. The van der Waals surface area contributed by atoms with Gasteiger partial charge < -0.3 is 25.8 Å². The molecule has 0 amide bonds. The summed E-state index contributed by atoms with van der Waals surface area (Å²) in [5.41, 5.74) is 3.11. The lowest BCUT2D eigenvalue weighted by atomic mass is 10.1. The molecule has 4 atom stereocenters. The van der Waals surface area contributed by atoms with Crippen molar-refractivity contribution in [3.05, 3.63) is 16.2 Å². The Labute approximate surface area is 130 Å². The summed E-state index contributed by atoms with van der Waals surface area (Å²) in [4.78, 5) is 20.6. The maximum Gasteiger partial charge on any atom is 0.449 e. The van der Waals surface area contributed by atoms with Gasteiger partial charge in [-0.1, -0.05) is 0 Å². The van der Waals surface area contributed by atoms with Gasteiger partial charge in [0.25, 0.3) is 5.56 Å². The number of imidazole rings is 1. The molecule has 1 fully saturated rings. The molecule has 2 aromatic heterocycles. The molecule has 3 heterocycles. The number of rotatable bonds is 2. The molecule has 2 aromatic rings. The molecule has 1 aliphatic rings. The average molecular weight is 351 g/mol. The number of alkyl halides is 3. The highest BCUT2D eigenvalue weighted by Crippen LogP contribution is 2.37. The first-order chi connectivity index (χ1) is 11.1. The second-order valence-corrected chi connectivity index (χ2v) is 5.16. The van der Waals surface area contributed by atoms with Crippen LogP contribution in [0.3, 0.4) is 0 Å². The SMILES string of the molecule is Nc1nc2c(nc(C(F)(F)F)n2[C@@H]2O[C@H](CO)[C@@H](O)[C@H]2O)c(=O)[nH]1. The minimum atomic E-state index is -5.01. The van der Waals surface area contributed by atoms with Gasteiger partial charge in [-0.25, -0.2) is 4.98 Å². The maximum absolute atomic E-state index is 13.3. The van der Waals surface area contributed by atoms with Crippen LogP contribution in [0.2, 0.25) is 0 Å². The number of aliphatic hydroxyl groups is 3. The molecule has 0 aromatic carbocycles. The van der Waals surface area contributed by atoms with Gasteiger partial charge in [0.05, 0.1) is 6.61 Å². The van der Waals surface area contributed by atoms with E-state index in [2.05, 4.69) is 9.97 Å². The number of fused-ring (bicyclic) bond motifs is 1. The van der Waals surface area contributed by atoms with Gasteiger partial charge in [0.1, 0.15) is 18.3 Å². The topological polar surface area (TPSA) is 160 Å². The first-order valence-electron chi connectivity index (χ1n) is 6.62. The summed E-state index contributed by atoms with van der Waals surface area (Å²) in [5.74, 6) is -2.02. The maximum atomic E-state index is 13.3. The lowest BCUT2D eigenvalue weighted by Crippen LogP contribution is -2.33. The van der Waals surface area contributed by atoms with Crippen molar-refractivity contribution in [2.45, 2.75) is 30.7 Å². The van der Waals surface area contributed by atoms with Crippen LogP contribution in [-0.2, 0) is 10.9 Å². The predicted molar refractivity (Wildman–Crippen MR) is 70.6 cm³/mol. The molecule has 132 valence electrons. The molecule has 0 spiro atoms.